The minimum absolute atomic E-state index is 0.466. The molecule has 0 radical (unpaired) electrons. The summed E-state index contributed by atoms with van der Waals surface area (Å²) in [5, 5.41) is 0. The minimum Gasteiger partial charge on any atom is -0.369 e. The van der Waals surface area contributed by atoms with Crippen molar-refractivity contribution in [3.63, 3.8) is 0 Å². The molecule has 1 aromatic rings. The number of carbonyl (C=O) groups excluding carboxylic acids is 2. The number of hydrogen-bond donors (Lipinski definition) is 1. The van der Waals surface area contributed by atoms with E-state index >= 15 is 0 Å². The van der Waals surface area contributed by atoms with Crippen molar-refractivity contribution in [2.45, 2.75) is 0 Å². The first-order valence-corrected chi connectivity index (χ1v) is 6.50. The maximum atomic E-state index is 13.2. The third-order valence-corrected chi connectivity index (χ3v) is 3.37. The van der Waals surface area contributed by atoms with Gasteiger partial charge in [0.2, 0.25) is 5.91 Å². The van der Waals surface area contributed by atoms with Gasteiger partial charge >= 0.3 is 0 Å². The zero-order chi connectivity index (χ0) is 13.9. The third-order valence-electron chi connectivity index (χ3n) is 1.94. The monoisotopic (exact) mass is 277 g/mol. The van der Waals surface area contributed by atoms with Crippen molar-refractivity contribution in [1.82, 2.24) is 0 Å². The molecule has 0 aliphatic carbocycles. The largest absolute Gasteiger partial charge is 0.369 e. The molecule has 98 valence electrons. The second kappa shape index (κ2) is 5.21. The lowest BCUT2D eigenvalue weighted by Gasteiger charge is -2.03. The molecule has 0 saturated heterocycles. The lowest BCUT2D eigenvalue weighted by molar-refractivity contribution is -0.115. The van der Waals surface area contributed by atoms with E-state index in [4.69, 9.17) is 0 Å². The molecule has 0 saturated carbocycles. The summed E-state index contributed by atoms with van der Waals surface area (Å²) >= 11 is 0. The van der Waals surface area contributed by atoms with Gasteiger partial charge in [0.1, 0.15) is 23.1 Å². The van der Waals surface area contributed by atoms with Crippen LogP contribution in [0.4, 0.5) is 8.78 Å². The van der Waals surface area contributed by atoms with Crippen LogP contribution in [0.3, 0.4) is 0 Å². The maximum absolute atomic E-state index is 13.2. The van der Waals surface area contributed by atoms with Gasteiger partial charge in [0, 0.05) is 6.07 Å². The van der Waals surface area contributed by atoms with Crippen LogP contribution in [0.1, 0.15) is 10.4 Å². The summed E-state index contributed by atoms with van der Waals surface area (Å²) < 4.78 is 48.4. The molecule has 0 unspecified atom stereocenters. The highest BCUT2D eigenvalue weighted by atomic mass is 32.2. The number of benzene rings is 1. The van der Waals surface area contributed by atoms with Gasteiger partial charge in [-0.05, 0) is 12.1 Å². The van der Waals surface area contributed by atoms with Crippen LogP contribution in [0.25, 0.3) is 0 Å². The number of nitrogens with two attached hydrogens (primary N) is 1. The fraction of sp³-hybridized carbons (Fsp3) is 0.200. The SMILES string of the molecule is NC(=O)CS(=O)(=O)CC(=O)c1ccc(F)cc1F. The highest BCUT2D eigenvalue weighted by molar-refractivity contribution is 7.92. The van der Waals surface area contributed by atoms with E-state index < -0.39 is 50.2 Å². The van der Waals surface area contributed by atoms with Gasteiger partial charge in [0.05, 0.1) is 5.56 Å². The number of carbonyl (C=O) groups is 2. The van der Waals surface area contributed by atoms with Gasteiger partial charge in [-0.15, -0.1) is 0 Å². The van der Waals surface area contributed by atoms with Gasteiger partial charge in [-0.2, -0.15) is 0 Å². The molecule has 0 fully saturated rings. The zero-order valence-electron chi connectivity index (χ0n) is 9.02. The second-order valence-corrected chi connectivity index (χ2v) is 5.61. The van der Waals surface area contributed by atoms with Crippen LogP contribution in [0.15, 0.2) is 18.2 Å². The van der Waals surface area contributed by atoms with Crippen molar-refractivity contribution in [3.05, 3.63) is 35.4 Å². The summed E-state index contributed by atoms with van der Waals surface area (Å²) in [6, 6.07) is 2.14. The normalized spacial score (nSPS) is 11.2. The molecule has 0 atom stereocenters. The van der Waals surface area contributed by atoms with E-state index in [1.54, 1.807) is 0 Å². The topological polar surface area (TPSA) is 94.3 Å². The molecule has 5 nitrogen and oxygen atoms in total. The summed E-state index contributed by atoms with van der Waals surface area (Å²) in [7, 11) is -4.04. The number of halogens is 2. The molecule has 1 amide bonds. The summed E-state index contributed by atoms with van der Waals surface area (Å²) in [6.07, 6.45) is 0. The predicted octanol–water partition coefficient (Wildman–Crippen LogP) is 0.0476. The molecule has 0 aliphatic rings. The van der Waals surface area contributed by atoms with Gasteiger partial charge in [-0.25, -0.2) is 17.2 Å². The Labute approximate surface area is 102 Å². The van der Waals surface area contributed by atoms with E-state index in [0.717, 1.165) is 12.1 Å². The summed E-state index contributed by atoms with van der Waals surface area (Å²) in [6.45, 7) is 0. The van der Waals surface area contributed by atoms with E-state index in [9.17, 15) is 26.8 Å². The minimum atomic E-state index is -4.04. The van der Waals surface area contributed by atoms with Crippen LogP contribution in [0, 0.1) is 11.6 Å². The summed E-state index contributed by atoms with van der Waals surface area (Å²) in [5.74, 6) is -6.27. The molecule has 0 spiro atoms. The molecule has 0 bridgehead atoms. The van der Waals surface area contributed by atoms with Crippen LogP contribution in [0.2, 0.25) is 0 Å². The first-order chi connectivity index (χ1) is 8.21. The molecule has 1 aromatic carbocycles. The second-order valence-electron chi connectivity index (χ2n) is 3.55. The van der Waals surface area contributed by atoms with Crippen LogP contribution < -0.4 is 5.73 Å². The van der Waals surface area contributed by atoms with Gasteiger partial charge in [0.25, 0.3) is 0 Å². The predicted molar refractivity (Wildman–Crippen MR) is 58.5 cm³/mol. The van der Waals surface area contributed by atoms with Gasteiger partial charge < -0.3 is 5.73 Å². The molecular weight excluding hydrogens is 268 g/mol. The number of ketones is 1. The lowest BCUT2D eigenvalue weighted by atomic mass is 10.1. The van der Waals surface area contributed by atoms with Crippen LogP contribution >= 0.6 is 0 Å². The van der Waals surface area contributed by atoms with Gasteiger partial charge in [-0.3, -0.25) is 9.59 Å². The average molecular weight is 277 g/mol. The van der Waals surface area contributed by atoms with Crippen molar-refractivity contribution < 1.29 is 26.8 Å². The third kappa shape index (κ3) is 3.88. The number of sulfone groups is 1. The molecule has 0 aliphatic heterocycles. The van der Waals surface area contributed by atoms with E-state index in [1.807, 2.05) is 0 Å². The summed E-state index contributed by atoms with van der Waals surface area (Å²) in [5.41, 5.74) is 4.14. The maximum Gasteiger partial charge on any atom is 0.232 e. The standard InChI is InChI=1S/C10H9F2NO4S/c11-6-1-2-7(8(12)3-6)9(14)4-18(16,17)5-10(13)15/h1-3H,4-5H2,(H2,13,15). The Morgan fingerprint density at radius 3 is 2.28 bits per heavy atom. The Hall–Kier alpha value is -1.83. The molecule has 0 aromatic heterocycles. The Bertz CT molecular complexity index is 598. The zero-order valence-corrected chi connectivity index (χ0v) is 9.84. The summed E-state index contributed by atoms with van der Waals surface area (Å²) in [4.78, 5) is 21.9. The lowest BCUT2D eigenvalue weighted by Crippen LogP contribution is -2.28. The van der Waals surface area contributed by atoms with E-state index in [1.165, 1.54) is 0 Å². The fourth-order valence-corrected chi connectivity index (χ4v) is 2.35. The van der Waals surface area contributed by atoms with Crippen molar-refractivity contribution in [2.75, 3.05) is 11.5 Å². The number of amides is 1. The van der Waals surface area contributed by atoms with E-state index in [-0.39, 0.29) is 0 Å². The Morgan fingerprint density at radius 1 is 1.17 bits per heavy atom. The van der Waals surface area contributed by atoms with Crippen LogP contribution in [-0.2, 0) is 14.6 Å². The van der Waals surface area contributed by atoms with E-state index in [2.05, 4.69) is 5.73 Å². The fourth-order valence-electron chi connectivity index (χ4n) is 1.26. The quantitative estimate of drug-likeness (QED) is 0.769. The highest BCUT2D eigenvalue weighted by Gasteiger charge is 2.22. The molecule has 8 heteroatoms. The molecule has 18 heavy (non-hydrogen) atoms. The van der Waals surface area contributed by atoms with Crippen molar-refractivity contribution >= 4 is 21.5 Å². The van der Waals surface area contributed by atoms with Crippen molar-refractivity contribution in [3.8, 4) is 0 Å². The first-order valence-electron chi connectivity index (χ1n) is 4.68. The molecular formula is C10H9F2NO4S. The Balaban J connectivity index is 2.93. The Kier molecular flexibility index (Phi) is 4.12. The molecule has 0 heterocycles. The number of rotatable bonds is 5. The number of hydrogen-bond acceptors (Lipinski definition) is 4. The van der Waals surface area contributed by atoms with Gasteiger partial charge in [0.15, 0.2) is 15.6 Å². The van der Waals surface area contributed by atoms with Crippen LogP contribution in [-0.4, -0.2) is 31.6 Å². The number of Topliss-reactive ketones (excluding diaryl/α,β-unsaturated/α-hetero) is 1. The Morgan fingerprint density at radius 2 is 1.78 bits per heavy atom. The van der Waals surface area contributed by atoms with Crippen molar-refractivity contribution in [2.24, 2.45) is 5.73 Å². The number of primary amides is 1. The molecule has 2 N–H and O–H groups in total. The van der Waals surface area contributed by atoms with Crippen molar-refractivity contribution in [1.29, 1.82) is 0 Å². The smallest absolute Gasteiger partial charge is 0.232 e. The average Bonchev–Trinajstić information content (AvgIpc) is 2.13. The van der Waals surface area contributed by atoms with Crippen LogP contribution in [0.5, 0.6) is 0 Å². The highest BCUT2D eigenvalue weighted by Crippen LogP contribution is 2.11. The first kappa shape index (κ1) is 14.2. The van der Waals surface area contributed by atoms with E-state index in [0.29, 0.717) is 6.07 Å². The van der Waals surface area contributed by atoms with Gasteiger partial charge in [-0.1, -0.05) is 0 Å². The molecule has 1 rings (SSSR count).